The van der Waals surface area contributed by atoms with Crippen LogP contribution in [0.2, 0.25) is 0 Å². The highest BCUT2D eigenvalue weighted by Crippen LogP contribution is 2.51. The van der Waals surface area contributed by atoms with Gasteiger partial charge in [0.1, 0.15) is 9.93 Å². The van der Waals surface area contributed by atoms with Crippen molar-refractivity contribution in [2.75, 3.05) is 11.4 Å². The maximum atomic E-state index is 13.9. The molecule has 0 spiro atoms. The standard InChI is InChI=1S/C26H29N3OS2/c1-3-28-21-16-10-11-17-22(21)31-25(28)23-24(30)29(20-14-8-5-9-15-20)26(32-23)27-18(2)19-12-6-4-7-13-19/h4,6-7,10-13,16-18,20H,3,5,8-9,14-15H2,1-2H3/b25-23-,27-26?/t18-/m1/s1. The molecule has 5 rings (SSSR count). The quantitative estimate of drug-likeness (QED) is 0.467. The van der Waals surface area contributed by atoms with E-state index >= 15 is 0 Å². The first-order valence-corrected chi connectivity index (χ1v) is 13.2. The van der Waals surface area contributed by atoms with Crippen LogP contribution < -0.4 is 4.90 Å². The molecule has 2 aromatic carbocycles. The largest absolute Gasteiger partial charge is 0.334 e. The molecule has 2 heterocycles. The second kappa shape index (κ2) is 9.36. The van der Waals surface area contributed by atoms with Gasteiger partial charge in [0.15, 0.2) is 5.17 Å². The van der Waals surface area contributed by atoms with Crippen molar-refractivity contribution in [2.24, 2.45) is 4.99 Å². The van der Waals surface area contributed by atoms with Gasteiger partial charge in [-0.1, -0.05) is 73.5 Å². The maximum absolute atomic E-state index is 13.9. The number of fused-ring (bicyclic) bond motifs is 1. The van der Waals surface area contributed by atoms with E-state index in [1.54, 1.807) is 23.5 Å². The van der Waals surface area contributed by atoms with E-state index in [4.69, 9.17) is 4.99 Å². The molecule has 2 aromatic rings. The third kappa shape index (κ3) is 3.99. The molecule has 1 saturated carbocycles. The lowest BCUT2D eigenvalue weighted by atomic mass is 9.94. The van der Waals surface area contributed by atoms with E-state index in [0.717, 1.165) is 34.5 Å². The number of benzene rings is 2. The molecule has 2 aliphatic heterocycles. The van der Waals surface area contributed by atoms with Crippen molar-refractivity contribution in [3.8, 4) is 0 Å². The third-order valence-electron chi connectivity index (χ3n) is 6.46. The molecular weight excluding hydrogens is 434 g/mol. The van der Waals surface area contributed by atoms with Crippen LogP contribution in [-0.2, 0) is 4.79 Å². The van der Waals surface area contributed by atoms with Gasteiger partial charge in [-0.2, -0.15) is 0 Å². The van der Waals surface area contributed by atoms with Gasteiger partial charge in [0.2, 0.25) is 0 Å². The minimum absolute atomic E-state index is 0.0117. The van der Waals surface area contributed by atoms with Crippen LogP contribution in [0.5, 0.6) is 0 Å². The van der Waals surface area contributed by atoms with Crippen LogP contribution in [0.4, 0.5) is 5.69 Å². The first kappa shape index (κ1) is 21.7. The Hall–Kier alpha value is -2.18. The Balaban J connectivity index is 1.54. The molecule has 6 heteroatoms. The van der Waals surface area contributed by atoms with Gasteiger partial charge in [-0.3, -0.25) is 14.7 Å². The normalized spacial score (nSPS) is 23.8. The SMILES string of the molecule is CCN1/C(=C2/SC(=N[C@H](C)c3ccccc3)N(C3CCCCC3)C2=O)Sc2ccccc21. The van der Waals surface area contributed by atoms with Crippen LogP contribution in [0.25, 0.3) is 0 Å². The lowest BCUT2D eigenvalue weighted by Crippen LogP contribution is -2.41. The molecular formula is C26H29N3OS2. The summed E-state index contributed by atoms with van der Waals surface area (Å²) in [6.45, 7) is 5.11. The number of carbonyl (C=O) groups excluding carboxylic acids is 1. The first-order valence-electron chi connectivity index (χ1n) is 11.6. The van der Waals surface area contributed by atoms with Gasteiger partial charge in [-0.05, 0) is 56.1 Å². The zero-order chi connectivity index (χ0) is 22.1. The molecule has 1 aliphatic carbocycles. The highest BCUT2D eigenvalue weighted by atomic mass is 32.2. The number of carbonyl (C=O) groups is 1. The van der Waals surface area contributed by atoms with Gasteiger partial charge in [-0.25, -0.2) is 0 Å². The van der Waals surface area contributed by atoms with Crippen LogP contribution >= 0.6 is 23.5 Å². The summed E-state index contributed by atoms with van der Waals surface area (Å²) in [5, 5.41) is 1.93. The monoisotopic (exact) mass is 463 g/mol. The number of rotatable bonds is 4. The molecule has 1 amide bonds. The van der Waals surface area contributed by atoms with Crippen LogP contribution in [0.1, 0.15) is 57.6 Å². The average molecular weight is 464 g/mol. The number of anilines is 1. The molecule has 1 saturated heterocycles. The number of hydrogen-bond acceptors (Lipinski definition) is 5. The molecule has 0 aromatic heterocycles. The van der Waals surface area contributed by atoms with Gasteiger partial charge in [0, 0.05) is 17.5 Å². The van der Waals surface area contributed by atoms with Crippen LogP contribution in [0, 0.1) is 0 Å². The van der Waals surface area contributed by atoms with E-state index in [0.29, 0.717) is 0 Å². The highest BCUT2D eigenvalue weighted by Gasteiger charge is 2.43. The Morgan fingerprint density at radius 2 is 1.72 bits per heavy atom. The van der Waals surface area contributed by atoms with Crippen LogP contribution in [0.3, 0.4) is 0 Å². The average Bonchev–Trinajstić information content (AvgIpc) is 3.37. The number of thioether (sulfide) groups is 2. The summed E-state index contributed by atoms with van der Waals surface area (Å²) in [5.41, 5.74) is 2.37. The predicted octanol–water partition coefficient (Wildman–Crippen LogP) is 6.81. The summed E-state index contributed by atoms with van der Waals surface area (Å²) in [6, 6.07) is 19.1. The Kier molecular flexibility index (Phi) is 6.33. The van der Waals surface area contributed by atoms with Crippen molar-refractivity contribution in [2.45, 2.75) is 62.9 Å². The molecule has 0 N–H and O–H groups in total. The van der Waals surface area contributed by atoms with E-state index in [9.17, 15) is 4.79 Å². The van der Waals surface area contributed by atoms with Crippen molar-refractivity contribution in [3.05, 3.63) is 70.1 Å². The molecule has 3 aliphatic rings. The molecule has 0 unspecified atom stereocenters. The Morgan fingerprint density at radius 3 is 2.47 bits per heavy atom. The molecule has 0 bridgehead atoms. The number of nitrogens with zero attached hydrogens (tertiary/aromatic N) is 3. The van der Waals surface area contributed by atoms with Crippen LogP contribution in [-0.4, -0.2) is 28.6 Å². The van der Waals surface area contributed by atoms with Crippen molar-refractivity contribution in [1.29, 1.82) is 0 Å². The fourth-order valence-corrected chi connectivity index (χ4v) is 7.27. The Labute approximate surface area is 199 Å². The summed E-state index contributed by atoms with van der Waals surface area (Å²) >= 11 is 3.29. The minimum atomic E-state index is 0.0117. The summed E-state index contributed by atoms with van der Waals surface area (Å²) in [7, 11) is 0. The highest BCUT2D eigenvalue weighted by molar-refractivity contribution is 8.19. The van der Waals surface area contributed by atoms with Crippen molar-refractivity contribution in [3.63, 3.8) is 0 Å². The first-order chi connectivity index (χ1) is 15.7. The number of amides is 1. The maximum Gasteiger partial charge on any atom is 0.269 e. The summed E-state index contributed by atoms with van der Waals surface area (Å²) in [4.78, 5) is 25.3. The summed E-state index contributed by atoms with van der Waals surface area (Å²) in [6.07, 6.45) is 5.78. The van der Waals surface area contributed by atoms with E-state index in [1.165, 1.54) is 35.4 Å². The smallest absolute Gasteiger partial charge is 0.269 e. The number of aliphatic imine (C=N–C) groups is 1. The Morgan fingerprint density at radius 1 is 1.00 bits per heavy atom. The molecule has 0 radical (unpaired) electrons. The molecule has 32 heavy (non-hydrogen) atoms. The molecule has 4 nitrogen and oxygen atoms in total. The van der Waals surface area contributed by atoms with Crippen molar-refractivity contribution >= 4 is 40.3 Å². The van der Waals surface area contributed by atoms with Gasteiger partial charge in [0.25, 0.3) is 5.91 Å². The van der Waals surface area contributed by atoms with Gasteiger partial charge >= 0.3 is 0 Å². The van der Waals surface area contributed by atoms with E-state index < -0.39 is 0 Å². The van der Waals surface area contributed by atoms with Crippen molar-refractivity contribution in [1.82, 2.24) is 4.90 Å². The Bertz CT molecular complexity index is 1060. The van der Waals surface area contributed by atoms with Crippen molar-refractivity contribution < 1.29 is 4.79 Å². The zero-order valence-electron chi connectivity index (χ0n) is 18.7. The zero-order valence-corrected chi connectivity index (χ0v) is 20.3. The fourth-order valence-electron chi connectivity index (χ4n) is 4.76. The van der Waals surface area contributed by atoms with E-state index in [-0.39, 0.29) is 18.0 Å². The molecule has 2 fully saturated rings. The topological polar surface area (TPSA) is 35.9 Å². The summed E-state index contributed by atoms with van der Waals surface area (Å²) in [5.74, 6) is 0.134. The number of amidine groups is 1. The number of para-hydroxylation sites is 1. The second-order valence-electron chi connectivity index (χ2n) is 8.52. The summed E-state index contributed by atoms with van der Waals surface area (Å²) < 4.78 is 0. The predicted molar refractivity (Wildman–Crippen MR) is 136 cm³/mol. The van der Waals surface area contributed by atoms with Gasteiger partial charge in [-0.15, -0.1) is 0 Å². The lowest BCUT2D eigenvalue weighted by molar-refractivity contribution is -0.124. The lowest BCUT2D eigenvalue weighted by Gasteiger charge is -2.30. The second-order valence-corrected chi connectivity index (χ2v) is 10.5. The van der Waals surface area contributed by atoms with Gasteiger partial charge in [0.05, 0.1) is 11.7 Å². The van der Waals surface area contributed by atoms with Crippen LogP contribution in [0.15, 0.2) is 74.4 Å². The fraction of sp³-hybridized carbons (Fsp3) is 0.385. The van der Waals surface area contributed by atoms with E-state index in [1.807, 2.05) is 11.0 Å². The number of hydrogen-bond donors (Lipinski definition) is 0. The van der Waals surface area contributed by atoms with E-state index in [2.05, 4.69) is 67.3 Å². The van der Waals surface area contributed by atoms with Gasteiger partial charge < -0.3 is 4.90 Å². The third-order valence-corrected chi connectivity index (χ3v) is 8.83. The molecule has 1 atom stereocenters. The minimum Gasteiger partial charge on any atom is -0.334 e. The molecule has 166 valence electrons.